The molecule has 3 heterocycles. The minimum atomic E-state index is 0.314. The molecule has 2 aliphatic rings. The van der Waals surface area contributed by atoms with Crippen LogP contribution in [0.5, 0.6) is 0 Å². The Bertz CT molecular complexity index is 389. The molecule has 0 amide bonds. The molecule has 0 spiro atoms. The van der Waals surface area contributed by atoms with Crippen LogP contribution in [0.3, 0.4) is 0 Å². The van der Waals surface area contributed by atoms with Gasteiger partial charge in [0, 0.05) is 25.0 Å². The maximum Gasteiger partial charge on any atom is 0.229 e. The second kappa shape index (κ2) is 4.97. The summed E-state index contributed by atoms with van der Waals surface area (Å²) in [6, 6.07) is 0.676. The number of hydrogen-bond donors (Lipinski definition) is 1. The molecule has 3 rings (SSSR count). The van der Waals surface area contributed by atoms with Gasteiger partial charge in [-0.05, 0) is 25.3 Å². The van der Waals surface area contributed by atoms with Gasteiger partial charge in [0.2, 0.25) is 5.89 Å². The number of nitrogens with one attached hydrogen (secondary N) is 1. The highest BCUT2D eigenvalue weighted by atomic mass is 16.5. The number of rotatable bonds is 3. The van der Waals surface area contributed by atoms with Gasteiger partial charge in [-0.25, -0.2) is 0 Å². The number of fused-ring (bicyclic) bond motifs is 1. The summed E-state index contributed by atoms with van der Waals surface area (Å²) in [6.45, 7) is 8.44. The zero-order chi connectivity index (χ0) is 12.5. The summed E-state index contributed by atoms with van der Waals surface area (Å²) in [4.78, 5) is 6.90. The normalized spacial score (nSPS) is 28.8. The number of aromatic nitrogens is 2. The molecule has 0 aromatic carbocycles. The highest BCUT2D eigenvalue weighted by Crippen LogP contribution is 2.25. The third kappa shape index (κ3) is 2.42. The van der Waals surface area contributed by atoms with Gasteiger partial charge < -0.3 is 9.84 Å². The van der Waals surface area contributed by atoms with Crippen LogP contribution in [-0.2, 0) is 6.54 Å². The maximum atomic E-state index is 5.25. The summed E-state index contributed by atoms with van der Waals surface area (Å²) in [6.07, 6.45) is 2.67. The lowest BCUT2D eigenvalue weighted by molar-refractivity contribution is 0.295. The Balaban J connectivity index is 1.59. The minimum absolute atomic E-state index is 0.314. The Morgan fingerprint density at radius 2 is 2.33 bits per heavy atom. The fourth-order valence-electron chi connectivity index (χ4n) is 3.03. The van der Waals surface area contributed by atoms with Crippen molar-refractivity contribution in [2.75, 3.05) is 19.6 Å². The van der Waals surface area contributed by atoms with Gasteiger partial charge in [0.05, 0.1) is 6.54 Å². The molecule has 1 aromatic heterocycles. The van der Waals surface area contributed by atoms with E-state index in [1.807, 2.05) is 0 Å². The maximum absolute atomic E-state index is 5.25. The first kappa shape index (κ1) is 12.1. The van der Waals surface area contributed by atoms with Crippen LogP contribution in [-0.4, -0.2) is 40.7 Å². The van der Waals surface area contributed by atoms with Crippen LogP contribution in [0.15, 0.2) is 4.52 Å². The highest BCUT2D eigenvalue weighted by Gasteiger charge is 2.34. The molecule has 2 aliphatic heterocycles. The van der Waals surface area contributed by atoms with Crippen molar-refractivity contribution in [3.05, 3.63) is 11.7 Å². The molecule has 0 radical (unpaired) electrons. The summed E-state index contributed by atoms with van der Waals surface area (Å²) in [5.41, 5.74) is 0. The van der Waals surface area contributed by atoms with Crippen molar-refractivity contribution >= 4 is 0 Å². The van der Waals surface area contributed by atoms with E-state index in [1.165, 1.54) is 25.9 Å². The Morgan fingerprint density at radius 3 is 3.06 bits per heavy atom. The van der Waals surface area contributed by atoms with E-state index in [0.717, 1.165) is 30.7 Å². The molecular formula is C13H22N4O. The molecular weight excluding hydrogens is 228 g/mol. The summed E-state index contributed by atoms with van der Waals surface area (Å²) in [5, 5.41) is 7.68. The number of nitrogens with zero attached hydrogens (tertiary/aromatic N) is 3. The molecule has 2 fully saturated rings. The topological polar surface area (TPSA) is 54.2 Å². The molecule has 1 aromatic rings. The van der Waals surface area contributed by atoms with Crippen molar-refractivity contribution < 1.29 is 4.52 Å². The quantitative estimate of drug-likeness (QED) is 0.878. The van der Waals surface area contributed by atoms with Crippen LogP contribution in [0.1, 0.15) is 44.3 Å². The van der Waals surface area contributed by atoms with Crippen molar-refractivity contribution in [2.45, 2.75) is 45.2 Å². The van der Waals surface area contributed by atoms with Gasteiger partial charge in [-0.1, -0.05) is 19.0 Å². The molecule has 1 N–H and O–H groups in total. The molecule has 5 nitrogen and oxygen atoms in total. The van der Waals surface area contributed by atoms with Crippen molar-refractivity contribution in [2.24, 2.45) is 5.92 Å². The lowest BCUT2D eigenvalue weighted by atomic mass is 9.94. The third-order valence-electron chi connectivity index (χ3n) is 4.02. The summed E-state index contributed by atoms with van der Waals surface area (Å²) in [5.74, 6) is 2.71. The van der Waals surface area contributed by atoms with E-state index >= 15 is 0 Å². The van der Waals surface area contributed by atoms with Crippen molar-refractivity contribution in [3.8, 4) is 0 Å². The zero-order valence-electron chi connectivity index (χ0n) is 11.2. The van der Waals surface area contributed by atoms with Crippen LogP contribution < -0.4 is 5.32 Å². The van der Waals surface area contributed by atoms with E-state index in [1.54, 1.807) is 0 Å². The Kier molecular flexibility index (Phi) is 3.35. The van der Waals surface area contributed by atoms with Gasteiger partial charge in [-0.3, -0.25) is 4.90 Å². The molecule has 18 heavy (non-hydrogen) atoms. The zero-order valence-corrected chi connectivity index (χ0v) is 11.2. The predicted molar refractivity (Wildman–Crippen MR) is 68.2 cm³/mol. The molecule has 0 saturated carbocycles. The van der Waals surface area contributed by atoms with E-state index < -0.39 is 0 Å². The summed E-state index contributed by atoms with van der Waals surface area (Å²) >= 11 is 0. The fraction of sp³-hybridized carbons (Fsp3) is 0.846. The first-order valence-corrected chi connectivity index (χ1v) is 7.00. The average Bonchev–Trinajstić information content (AvgIpc) is 2.94. The van der Waals surface area contributed by atoms with E-state index in [9.17, 15) is 0 Å². The van der Waals surface area contributed by atoms with Crippen LogP contribution >= 0.6 is 0 Å². The fourth-order valence-corrected chi connectivity index (χ4v) is 3.03. The van der Waals surface area contributed by atoms with E-state index in [-0.39, 0.29) is 0 Å². The average molecular weight is 250 g/mol. The number of likely N-dealkylation sites (tertiary alicyclic amines) is 1. The Hall–Kier alpha value is -0.940. The summed E-state index contributed by atoms with van der Waals surface area (Å²) in [7, 11) is 0. The standard InChI is InChI=1S/C13H22N4O/c1-9(2)13-15-12(16-18-13)8-17-6-10-4-3-5-14-11(10)7-17/h9-11,14H,3-8H2,1-2H3/t10-,11+/m0/s1. The minimum Gasteiger partial charge on any atom is -0.339 e. The van der Waals surface area contributed by atoms with Gasteiger partial charge in [0.1, 0.15) is 0 Å². The smallest absolute Gasteiger partial charge is 0.229 e. The van der Waals surface area contributed by atoms with Crippen LogP contribution in [0, 0.1) is 5.92 Å². The van der Waals surface area contributed by atoms with Gasteiger partial charge in [-0.2, -0.15) is 4.98 Å². The molecule has 5 heteroatoms. The molecule has 2 saturated heterocycles. The predicted octanol–water partition coefficient (Wildman–Crippen LogP) is 1.38. The molecule has 2 atom stereocenters. The van der Waals surface area contributed by atoms with Crippen LogP contribution in [0.4, 0.5) is 0 Å². The summed E-state index contributed by atoms with van der Waals surface area (Å²) < 4.78 is 5.25. The Morgan fingerprint density at radius 1 is 1.44 bits per heavy atom. The lowest BCUT2D eigenvalue weighted by Crippen LogP contribution is -2.40. The monoisotopic (exact) mass is 250 g/mol. The molecule has 0 aliphatic carbocycles. The second-order valence-electron chi connectivity index (χ2n) is 5.86. The van der Waals surface area contributed by atoms with E-state index in [4.69, 9.17) is 4.52 Å². The Labute approximate surface area is 108 Å². The first-order chi connectivity index (χ1) is 8.72. The molecule has 0 unspecified atom stereocenters. The molecule has 0 bridgehead atoms. The van der Waals surface area contributed by atoms with Gasteiger partial charge in [0.15, 0.2) is 5.82 Å². The lowest BCUT2D eigenvalue weighted by Gasteiger charge is -2.24. The van der Waals surface area contributed by atoms with E-state index in [2.05, 4.69) is 34.2 Å². The SMILES string of the molecule is CC(C)c1nc(CN2C[C@@H]3CCCN[C@@H]3C2)no1. The largest absolute Gasteiger partial charge is 0.339 e. The number of hydrogen-bond acceptors (Lipinski definition) is 5. The number of piperidine rings is 1. The van der Waals surface area contributed by atoms with Gasteiger partial charge >= 0.3 is 0 Å². The first-order valence-electron chi connectivity index (χ1n) is 7.00. The van der Waals surface area contributed by atoms with Gasteiger partial charge in [0.25, 0.3) is 0 Å². The van der Waals surface area contributed by atoms with E-state index in [0.29, 0.717) is 12.0 Å². The second-order valence-corrected chi connectivity index (χ2v) is 5.86. The van der Waals surface area contributed by atoms with Crippen molar-refractivity contribution in [3.63, 3.8) is 0 Å². The van der Waals surface area contributed by atoms with Crippen LogP contribution in [0.25, 0.3) is 0 Å². The molecule has 100 valence electrons. The third-order valence-corrected chi connectivity index (χ3v) is 4.02. The van der Waals surface area contributed by atoms with Crippen molar-refractivity contribution in [1.82, 2.24) is 20.4 Å². The van der Waals surface area contributed by atoms with Crippen LogP contribution in [0.2, 0.25) is 0 Å². The highest BCUT2D eigenvalue weighted by molar-refractivity contribution is 4.95. The van der Waals surface area contributed by atoms with Crippen molar-refractivity contribution in [1.29, 1.82) is 0 Å². The van der Waals surface area contributed by atoms with Gasteiger partial charge in [-0.15, -0.1) is 0 Å².